The number of benzene rings is 1. The van der Waals surface area contributed by atoms with Crippen molar-refractivity contribution in [1.82, 2.24) is 0 Å². The van der Waals surface area contributed by atoms with Crippen LogP contribution in [0.2, 0.25) is 0 Å². The molecule has 1 aromatic carbocycles. The van der Waals surface area contributed by atoms with E-state index in [9.17, 15) is 0 Å². The highest BCUT2D eigenvalue weighted by molar-refractivity contribution is 6.33. The molecular formula is C9H13BO6. The van der Waals surface area contributed by atoms with Gasteiger partial charge in [0.15, 0.2) is 12.5 Å². The monoisotopic (exact) mass is 228 g/mol. The Balaban J connectivity index is 2.87. The summed E-state index contributed by atoms with van der Waals surface area (Å²) in [4.78, 5) is 0. The van der Waals surface area contributed by atoms with Gasteiger partial charge in [-0.25, -0.2) is 0 Å². The zero-order chi connectivity index (χ0) is 12.0. The van der Waals surface area contributed by atoms with Gasteiger partial charge >= 0.3 is 7.32 Å². The predicted molar refractivity (Wildman–Crippen MR) is 56.3 cm³/mol. The van der Waals surface area contributed by atoms with Crippen molar-refractivity contribution in [2.45, 2.75) is 0 Å². The van der Waals surface area contributed by atoms with Gasteiger partial charge in [0.1, 0.15) is 11.5 Å². The fraction of sp³-hybridized carbons (Fsp3) is 0.333. The van der Waals surface area contributed by atoms with Gasteiger partial charge in [0.25, 0.3) is 0 Å². The molecule has 0 fully saturated rings. The molecule has 0 atom stereocenters. The molecule has 1 rings (SSSR count). The van der Waals surface area contributed by atoms with Crippen LogP contribution < -0.4 is 14.1 Å². The van der Waals surface area contributed by atoms with E-state index in [1.165, 1.54) is 20.3 Å². The molecule has 88 valence electrons. The summed E-state index contributed by atoms with van der Waals surface area (Å²) in [6.45, 7) is 0.0189. The molecule has 1 aromatic rings. The van der Waals surface area contributed by atoms with E-state index >= 15 is 0 Å². The lowest BCUT2D eigenvalue weighted by Gasteiger charge is -2.12. The average molecular weight is 228 g/mol. The van der Waals surface area contributed by atoms with Crippen molar-refractivity contribution in [3.05, 3.63) is 18.2 Å². The van der Waals surface area contributed by atoms with E-state index < -0.39 is 7.32 Å². The SMILES string of the molecule is COCOc1cc(OC)ccc1OB(O)O. The second-order valence-corrected chi connectivity index (χ2v) is 2.81. The van der Waals surface area contributed by atoms with Gasteiger partial charge in [-0.3, -0.25) is 0 Å². The summed E-state index contributed by atoms with van der Waals surface area (Å²) in [5.41, 5.74) is 0. The highest BCUT2D eigenvalue weighted by Crippen LogP contribution is 2.31. The first-order valence-corrected chi connectivity index (χ1v) is 4.50. The van der Waals surface area contributed by atoms with E-state index in [-0.39, 0.29) is 12.5 Å². The van der Waals surface area contributed by atoms with Crippen LogP contribution in [0.5, 0.6) is 17.2 Å². The molecule has 0 heterocycles. The van der Waals surface area contributed by atoms with Crippen LogP contribution in [-0.2, 0) is 4.74 Å². The van der Waals surface area contributed by atoms with Crippen molar-refractivity contribution >= 4 is 7.32 Å². The molecule has 0 aromatic heterocycles. The number of hydrogen-bond acceptors (Lipinski definition) is 6. The minimum atomic E-state index is -1.90. The molecule has 0 bridgehead atoms. The Morgan fingerprint density at radius 3 is 2.50 bits per heavy atom. The van der Waals surface area contributed by atoms with Crippen molar-refractivity contribution in [2.24, 2.45) is 0 Å². The summed E-state index contributed by atoms with van der Waals surface area (Å²) in [5.74, 6) is 1.05. The third-order valence-electron chi connectivity index (χ3n) is 1.72. The topological polar surface area (TPSA) is 77.4 Å². The Hall–Kier alpha value is -1.44. The van der Waals surface area contributed by atoms with Gasteiger partial charge in [0.2, 0.25) is 0 Å². The predicted octanol–water partition coefficient (Wildman–Crippen LogP) is 0.0262. The zero-order valence-corrected chi connectivity index (χ0v) is 9.04. The van der Waals surface area contributed by atoms with Gasteiger partial charge < -0.3 is 28.9 Å². The minimum Gasteiger partial charge on any atom is -0.509 e. The summed E-state index contributed by atoms with van der Waals surface area (Å²) in [6.07, 6.45) is 0. The van der Waals surface area contributed by atoms with Crippen LogP contribution in [0, 0.1) is 0 Å². The summed E-state index contributed by atoms with van der Waals surface area (Å²) < 4.78 is 19.6. The molecule has 0 saturated heterocycles. The third-order valence-corrected chi connectivity index (χ3v) is 1.72. The van der Waals surface area contributed by atoms with Crippen molar-refractivity contribution < 1.29 is 28.9 Å². The molecule has 0 aliphatic heterocycles. The first-order valence-electron chi connectivity index (χ1n) is 4.50. The number of methoxy groups -OCH3 is 2. The smallest absolute Gasteiger partial charge is 0.509 e. The maximum absolute atomic E-state index is 8.70. The first-order chi connectivity index (χ1) is 7.67. The first kappa shape index (κ1) is 12.6. The molecule has 7 heteroatoms. The van der Waals surface area contributed by atoms with Crippen molar-refractivity contribution in [3.63, 3.8) is 0 Å². The molecule has 0 radical (unpaired) electrons. The van der Waals surface area contributed by atoms with Crippen LogP contribution in [0.3, 0.4) is 0 Å². The molecular weight excluding hydrogens is 215 g/mol. The van der Waals surface area contributed by atoms with Crippen LogP contribution >= 0.6 is 0 Å². The lowest BCUT2D eigenvalue weighted by Crippen LogP contribution is -2.21. The van der Waals surface area contributed by atoms with Gasteiger partial charge in [-0.05, 0) is 12.1 Å². The highest BCUT2D eigenvalue weighted by Gasteiger charge is 2.15. The summed E-state index contributed by atoms with van der Waals surface area (Å²) >= 11 is 0. The van der Waals surface area contributed by atoms with Crippen molar-refractivity contribution in [3.8, 4) is 17.2 Å². The van der Waals surface area contributed by atoms with Crippen molar-refractivity contribution in [1.29, 1.82) is 0 Å². The van der Waals surface area contributed by atoms with Crippen LogP contribution in [0.15, 0.2) is 18.2 Å². The van der Waals surface area contributed by atoms with Gasteiger partial charge in [-0.15, -0.1) is 0 Å². The standard InChI is InChI=1S/C9H13BO6/c1-13-6-15-9-5-7(14-2)3-4-8(9)16-10(11)12/h3-5,11-12H,6H2,1-2H3. The maximum Gasteiger partial charge on any atom is 0.707 e. The maximum atomic E-state index is 8.70. The normalized spacial score (nSPS) is 9.75. The average Bonchev–Trinajstić information content (AvgIpc) is 2.27. The lowest BCUT2D eigenvalue weighted by molar-refractivity contribution is 0.0492. The Morgan fingerprint density at radius 1 is 1.19 bits per heavy atom. The molecule has 0 spiro atoms. The summed E-state index contributed by atoms with van der Waals surface area (Å²) in [5, 5.41) is 17.4. The molecule has 0 unspecified atom stereocenters. The summed E-state index contributed by atoms with van der Waals surface area (Å²) in [7, 11) is 1.08. The molecule has 6 nitrogen and oxygen atoms in total. The quantitative estimate of drug-likeness (QED) is 0.528. The van der Waals surface area contributed by atoms with E-state index in [0.717, 1.165) is 0 Å². The van der Waals surface area contributed by atoms with Crippen LogP contribution in [0.4, 0.5) is 0 Å². The van der Waals surface area contributed by atoms with E-state index in [0.29, 0.717) is 11.5 Å². The lowest BCUT2D eigenvalue weighted by atomic mass is 10.2. The Labute approximate surface area is 93.5 Å². The zero-order valence-electron chi connectivity index (χ0n) is 9.04. The molecule has 16 heavy (non-hydrogen) atoms. The van der Waals surface area contributed by atoms with Crippen molar-refractivity contribution in [2.75, 3.05) is 21.0 Å². The number of rotatable bonds is 6. The fourth-order valence-electron chi connectivity index (χ4n) is 1.06. The minimum absolute atomic E-state index is 0.0189. The van der Waals surface area contributed by atoms with Gasteiger partial charge in [0.05, 0.1) is 7.11 Å². The fourth-order valence-corrected chi connectivity index (χ4v) is 1.06. The van der Waals surface area contributed by atoms with Gasteiger partial charge in [0, 0.05) is 13.2 Å². The number of hydrogen-bond donors (Lipinski definition) is 2. The number of ether oxygens (including phenoxy) is 3. The van der Waals surface area contributed by atoms with E-state index in [4.69, 9.17) is 28.9 Å². The second kappa shape index (κ2) is 6.21. The molecule has 0 saturated carbocycles. The molecule has 0 amide bonds. The third kappa shape index (κ3) is 3.61. The van der Waals surface area contributed by atoms with E-state index in [1.807, 2.05) is 0 Å². The molecule has 2 N–H and O–H groups in total. The second-order valence-electron chi connectivity index (χ2n) is 2.81. The molecule has 0 aliphatic carbocycles. The Morgan fingerprint density at radius 2 is 1.94 bits per heavy atom. The van der Waals surface area contributed by atoms with E-state index in [1.54, 1.807) is 12.1 Å². The van der Waals surface area contributed by atoms with Crippen LogP contribution in [0.1, 0.15) is 0 Å². The Bertz CT molecular complexity index is 330. The van der Waals surface area contributed by atoms with Crippen LogP contribution in [0.25, 0.3) is 0 Å². The Kier molecular flexibility index (Phi) is 4.91. The largest absolute Gasteiger partial charge is 0.707 e. The summed E-state index contributed by atoms with van der Waals surface area (Å²) in [6, 6.07) is 4.66. The highest BCUT2D eigenvalue weighted by atomic mass is 16.7. The van der Waals surface area contributed by atoms with Crippen LogP contribution in [-0.4, -0.2) is 38.4 Å². The molecule has 0 aliphatic rings. The van der Waals surface area contributed by atoms with Gasteiger partial charge in [-0.1, -0.05) is 0 Å². The van der Waals surface area contributed by atoms with Gasteiger partial charge in [-0.2, -0.15) is 0 Å². The van der Waals surface area contributed by atoms with E-state index in [2.05, 4.69) is 0 Å².